The minimum absolute atomic E-state index is 0.135. The van der Waals surface area contributed by atoms with Crippen molar-refractivity contribution in [3.63, 3.8) is 0 Å². The first-order valence-electron chi connectivity index (χ1n) is 7.35. The molecule has 5 heteroatoms. The predicted octanol–water partition coefficient (Wildman–Crippen LogP) is 2.42. The van der Waals surface area contributed by atoms with E-state index >= 15 is 0 Å². The molecular formula is C16H21N3O2. The van der Waals surface area contributed by atoms with Crippen molar-refractivity contribution in [3.8, 4) is 11.4 Å². The molecule has 1 fully saturated rings. The van der Waals surface area contributed by atoms with E-state index in [1.54, 1.807) is 11.8 Å². The molecule has 0 amide bonds. The van der Waals surface area contributed by atoms with Gasteiger partial charge in [-0.05, 0) is 37.1 Å². The summed E-state index contributed by atoms with van der Waals surface area (Å²) >= 11 is 0. The van der Waals surface area contributed by atoms with Gasteiger partial charge < -0.3 is 10.5 Å². The quantitative estimate of drug-likeness (QED) is 0.943. The molecule has 1 aliphatic carbocycles. The molecule has 0 radical (unpaired) electrons. The molecule has 112 valence electrons. The summed E-state index contributed by atoms with van der Waals surface area (Å²) in [4.78, 5) is 12.5. The monoisotopic (exact) mass is 287 g/mol. The first-order chi connectivity index (χ1) is 10.1. The van der Waals surface area contributed by atoms with E-state index in [1.807, 2.05) is 36.0 Å². The van der Waals surface area contributed by atoms with Gasteiger partial charge in [-0.3, -0.25) is 9.48 Å². The Morgan fingerprint density at radius 2 is 1.81 bits per heavy atom. The van der Waals surface area contributed by atoms with Gasteiger partial charge in [0.05, 0.1) is 18.5 Å². The molecule has 21 heavy (non-hydrogen) atoms. The highest BCUT2D eigenvalue weighted by Crippen LogP contribution is 2.36. The fourth-order valence-corrected chi connectivity index (χ4v) is 3.34. The lowest BCUT2D eigenvalue weighted by atomic mass is 10.0. The number of nitrogen functional groups attached to an aromatic ring is 1. The Kier molecular flexibility index (Phi) is 3.49. The minimum atomic E-state index is -0.135. The molecule has 2 aromatic rings. The minimum Gasteiger partial charge on any atom is -0.497 e. The Morgan fingerprint density at radius 1 is 1.19 bits per heavy atom. The van der Waals surface area contributed by atoms with Crippen molar-refractivity contribution >= 4 is 5.69 Å². The van der Waals surface area contributed by atoms with Gasteiger partial charge in [0.1, 0.15) is 11.4 Å². The summed E-state index contributed by atoms with van der Waals surface area (Å²) < 4.78 is 8.71. The van der Waals surface area contributed by atoms with E-state index in [9.17, 15) is 4.79 Å². The van der Waals surface area contributed by atoms with Crippen LogP contribution in [0.3, 0.4) is 0 Å². The number of nitrogens with two attached hydrogens (primary N) is 1. The summed E-state index contributed by atoms with van der Waals surface area (Å²) in [5.74, 6) is 1.17. The summed E-state index contributed by atoms with van der Waals surface area (Å²) in [5.41, 5.74) is 8.14. The van der Waals surface area contributed by atoms with Gasteiger partial charge in [0.25, 0.3) is 5.56 Å². The first kappa shape index (κ1) is 13.8. The number of ether oxygens (including phenoxy) is 1. The molecular weight excluding hydrogens is 266 g/mol. The van der Waals surface area contributed by atoms with Gasteiger partial charge >= 0.3 is 0 Å². The zero-order chi connectivity index (χ0) is 15.0. The topological polar surface area (TPSA) is 62.2 Å². The molecule has 1 heterocycles. The van der Waals surface area contributed by atoms with Crippen LogP contribution in [-0.2, 0) is 7.05 Å². The summed E-state index contributed by atoms with van der Waals surface area (Å²) in [7, 11) is 3.54. The fraction of sp³-hybridized carbons (Fsp3) is 0.438. The number of nitrogens with zero attached hydrogens (tertiary/aromatic N) is 2. The second kappa shape index (κ2) is 5.31. The van der Waals surface area contributed by atoms with E-state index in [4.69, 9.17) is 10.5 Å². The average Bonchev–Trinajstić information content (AvgIpc) is 3.08. The number of hydrogen-bond acceptors (Lipinski definition) is 3. The molecule has 0 spiro atoms. The second-order valence-electron chi connectivity index (χ2n) is 5.62. The third-order valence-electron chi connectivity index (χ3n) is 4.41. The first-order valence-corrected chi connectivity index (χ1v) is 7.35. The molecule has 1 aromatic carbocycles. The maximum atomic E-state index is 12.5. The van der Waals surface area contributed by atoms with Gasteiger partial charge in [-0.15, -0.1) is 0 Å². The van der Waals surface area contributed by atoms with Crippen molar-refractivity contribution in [2.45, 2.75) is 31.6 Å². The normalized spacial score (nSPS) is 15.5. The third kappa shape index (κ3) is 2.22. The summed E-state index contributed by atoms with van der Waals surface area (Å²) in [5, 5.41) is 0. The predicted molar refractivity (Wildman–Crippen MR) is 83.2 cm³/mol. The third-order valence-corrected chi connectivity index (χ3v) is 4.41. The van der Waals surface area contributed by atoms with Gasteiger partial charge in [0, 0.05) is 13.0 Å². The van der Waals surface area contributed by atoms with Crippen LogP contribution >= 0.6 is 0 Å². The highest BCUT2D eigenvalue weighted by Gasteiger charge is 2.26. The number of rotatable bonds is 3. The zero-order valence-electron chi connectivity index (χ0n) is 12.5. The maximum absolute atomic E-state index is 12.5. The Hall–Kier alpha value is -2.17. The van der Waals surface area contributed by atoms with Crippen LogP contribution in [0.1, 0.15) is 37.3 Å². The van der Waals surface area contributed by atoms with Crippen LogP contribution in [0.15, 0.2) is 29.1 Å². The summed E-state index contributed by atoms with van der Waals surface area (Å²) in [6.45, 7) is 0. The molecule has 5 nitrogen and oxygen atoms in total. The summed E-state index contributed by atoms with van der Waals surface area (Å²) in [6.07, 6.45) is 4.66. The Morgan fingerprint density at radius 3 is 2.38 bits per heavy atom. The van der Waals surface area contributed by atoms with Crippen LogP contribution < -0.4 is 16.0 Å². The van der Waals surface area contributed by atoms with Crippen molar-refractivity contribution in [2.75, 3.05) is 12.8 Å². The molecule has 0 unspecified atom stereocenters. The highest BCUT2D eigenvalue weighted by atomic mass is 16.5. The molecule has 3 rings (SSSR count). The van der Waals surface area contributed by atoms with E-state index in [1.165, 1.54) is 12.8 Å². The smallest absolute Gasteiger partial charge is 0.294 e. The molecule has 1 saturated carbocycles. The van der Waals surface area contributed by atoms with Crippen LogP contribution in [-0.4, -0.2) is 16.5 Å². The molecule has 0 aliphatic heterocycles. The summed E-state index contributed by atoms with van der Waals surface area (Å²) in [6, 6.07) is 7.44. The highest BCUT2D eigenvalue weighted by molar-refractivity contribution is 5.48. The van der Waals surface area contributed by atoms with Gasteiger partial charge in [-0.1, -0.05) is 12.8 Å². The largest absolute Gasteiger partial charge is 0.497 e. The maximum Gasteiger partial charge on any atom is 0.294 e. The van der Waals surface area contributed by atoms with Crippen molar-refractivity contribution in [1.82, 2.24) is 9.36 Å². The lowest BCUT2D eigenvalue weighted by Gasteiger charge is -2.14. The number of hydrogen-bond donors (Lipinski definition) is 1. The Balaban J connectivity index is 2.10. The van der Waals surface area contributed by atoms with E-state index < -0.39 is 0 Å². The van der Waals surface area contributed by atoms with Crippen LogP contribution in [0, 0.1) is 0 Å². The van der Waals surface area contributed by atoms with Crippen LogP contribution in [0.2, 0.25) is 0 Å². The van der Waals surface area contributed by atoms with Crippen molar-refractivity contribution in [2.24, 2.45) is 7.05 Å². The number of benzene rings is 1. The van der Waals surface area contributed by atoms with Crippen molar-refractivity contribution in [1.29, 1.82) is 0 Å². The Labute approximate surface area is 123 Å². The van der Waals surface area contributed by atoms with Gasteiger partial charge in [0.15, 0.2) is 0 Å². The Bertz CT molecular complexity index is 692. The van der Waals surface area contributed by atoms with Crippen LogP contribution in [0.5, 0.6) is 5.75 Å². The van der Waals surface area contributed by atoms with E-state index in [2.05, 4.69) is 0 Å². The SMILES string of the molecule is COc1ccc(-n2c(=O)c(N)c(C3CCCC3)n2C)cc1. The van der Waals surface area contributed by atoms with Crippen molar-refractivity contribution < 1.29 is 4.74 Å². The molecule has 1 aliphatic rings. The fourth-order valence-electron chi connectivity index (χ4n) is 3.34. The molecule has 0 saturated heterocycles. The van der Waals surface area contributed by atoms with Crippen molar-refractivity contribution in [3.05, 3.63) is 40.3 Å². The molecule has 0 atom stereocenters. The van der Waals surface area contributed by atoms with E-state index in [0.717, 1.165) is 30.0 Å². The number of aromatic nitrogens is 2. The average molecular weight is 287 g/mol. The zero-order valence-corrected chi connectivity index (χ0v) is 12.5. The van der Waals surface area contributed by atoms with E-state index in [0.29, 0.717) is 11.6 Å². The molecule has 1 aromatic heterocycles. The van der Waals surface area contributed by atoms with Crippen LogP contribution in [0.4, 0.5) is 5.69 Å². The van der Waals surface area contributed by atoms with Gasteiger partial charge in [-0.25, -0.2) is 4.68 Å². The van der Waals surface area contributed by atoms with Crippen LogP contribution in [0.25, 0.3) is 5.69 Å². The van der Waals surface area contributed by atoms with Gasteiger partial charge in [-0.2, -0.15) is 0 Å². The standard InChI is InChI=1S/C16H21N3O2/c1-18-15(11-5-3-4-6-11)14(17)16(20)19(18)12-7-9-13(21-2)10-8-12/h7-11H,3-6,17H2,1-2H3. The second-order valence-corrected chi connectivity index (χ2v) is 5.62. The number of methoxy groups -OCH3 is 1. The molecule has 2 N–H and O–H groups in total. The lowest BCUT2D eigenvalue weighted by Crippen LogP contribution is -2.20. The molecule has 0 bridgehead atoms. The number of anilines is 1. The van der Waals surface area contributed by atoms with Gasteiger partial charge in [0.2, 0.25) is 0 Å². The van der Waals surface area contributed by atoms with E-state index in [-0.39, 0.29) is 5.56 Å². The lowest BCUT2D eigenvalue weighted by molar-refractivity contribution is 0.414.